The van der Waals surface area contributed by atoms with Gasteiger partial charge in [-0.15, -0.1) is 0 Å². The molecule has 3 heterocycles. The van der Waals surface area contributed by atoms with Crippen LogP contribution in [0.2, 0.25) is 11.4 Å². The van der Waals surface area contributed by atoms with E-state index in [1.165, 1.54) is 4.90 Å². The number of aromatic hydroxyl groups is 1. The van der Waals surface area contributed by atoms with Crippen LogP contribution in [0.25, 0.3) is 11.6 Å². The SMILES string of the molecule is CC(C)(C)[Si](OCC1=C2[C@@H](CC/C(=C/c3ccc(O)cc3)c3ccccn3)OB(O)C[C@@H]2[C@@H]2C(=O)N(CCCCCC(=O)O)C(=O)[C@@H]2C1)(c1ccccc1)c1ccccc1. The summed E-state index contributed by atoms with van der Waals surface area (Å²) < 4.78 is 14.0. The summed E-state index contributed by atoms with van der Waals surface area (Å²) in [4.78, 5) is 45.9. The van der Waals surface area contributed by atoms with Crippen LogP contribution < -0.4 is 10.4 Å². The number of fused-ring (bicyclic) bond motifs is 3. The molecule has 312 valence electrons. The number of carbonyl (C=O) groups is 3. The zero-order valence-electron chi connectivity index (χ0n) is 34.7. The number of unbranched alkanes of at least 4 members (excludes halogenated alkanes) is 2. The molecule has 2 amide bonds. The summed E-state index contributed by atoms with van der Waals surface area (Å²) in [6.45, 7) is 7.15. The molecule has 10 nitrogen and oxygen atoms in total. The molecule has 0 spiro atoms. The number of hydrogen-bond donors (Lipinski definition) is 3. The van der Waals surface area contributed by atoms with Crippen LogP contribution in [-0.4, -0.2) is 77.6 Å². The first kappa shape index (κ1) is 43.0. The summed E-state index contributed by atoms with van der Waals surface area (Å²) >= 11 is 0. The molecule has 4 atom stereocenters. The Balaban J connectivity index is 1.28. The van der Waals surface area contributed by atoms with Crippen LogP contribution >= 0.6 is 0 Å². The molecule has 3 aliphatic rings. The number of rotatable bonds is 16. The number of carboxylic acids is 1. The second-order valence-electron chi connectivity index (χ2n) is 17.3. The fourth-order valence-corrected chi connectivity index (χ4v) is 14.3. The van der Waals surface area contributed by atoms with Crippen molar-refractivity contribution in [3.05, 3.63) is 132 Å². The Morgan fingerprint density at radius 3 is 2.17 bits per heavy atom. The average molecular weight is 827 g/mol. The highest BCUT2D eigenvalue weighted by Crippen LogP contribution is 2.51. The number of allylic oxidation sites excluding steroid dienone is 1. The fraction of sp³-hybridized carbons (Fsp3) is 0.375. The molecule has 3 aromatic carbocycles. The van der Waals surface area contributed by atoms with Gasteiger partial charge in [-0.25, -0.2) is 0 Å². The maximum absolute atomic E-state index is 14.4. The van der Waals surface area contributed by atoms with Gasteiger partial charge < -0.3 is 24.3 Å². The van der Waals surface area contributed by atoms with Gasteiger partial charge in [0.05, 0.1) is 30.2 Å². The first-order valence-corrected chi connectivity index (χ1v) is 23.1. The number of imide groups is 1. The van der Waals surface area contributed by atoms with Crippen molar-refractivity contribution in [3.8, 4) is 5.75 Å². The number of pyridine rings is 1. The Morgan fingerprint density at radius 1 is 0.883 bits per heavy atom. The van der Waals surface area contributed by atoms with E-state index in [-0.39, 0.29) is 48.5 Å². The first-order valence-electron chi connectivity index (χ1n) is 21.2. The Labute approximate surface area is 354 Å². The van der Waals surface area contributed by atoms with Crippen molar-refractivity contribution >= 4 is 55.2 Å². The summed E-state index contributed by atoms with van der Waals surface area (Å²) in [7, 11) is -4.17. The largest absolute Gasteiger partial charge is 0.508 e. The number of phenolic OH excluding ortho intramolecular Hbond substituents is 1. The van der Waals surface area contributed by atoms with Gasteiger partial charge in [0.1, 0.15) is 5.75 Å². The highest BCUT2D eigenvalue weighted by atomic mass is 28.4. The standard InChI is InChI=1S/C48H55BN2O8Si/c1-48(2,3)60(37-15-7-4-8-16-37,38-17-9-5-10-18-38)58-32-35-30-39-45(47(56)51(46(39)55)28-14-6-11-20-43(53)54)40-31-49(57)59-42(44(35)40)26-23-34(41-19-12-13-27-50-41)29-33-21-24-36(52)25-22-33/h4-5,7-10,12-13,15-19,21-22,24-25,27,29,39-40,42,45,52,57H,6,11,14,20,23,26,28,30-32H2,1-3H3,(H,53,54)/b34-29-/t39-,40+,42-,45-/m1/s1. The van der Waals surface area contributed by atoms with Crippen LogP contribution in [0.3, 0.4) is 0 Å². The smallest absolute Gasteiger partial charge is 0.455 e. The highest BCUT2D eigenvalue weighted by Gasteiger charge is 2.58. The van der Waals surface area contributed by atoms with E-state index >= 15 is 0 Å². The molecule has 0 radical (unpaired) electrons. The van der Waals surface area contributed by atoms with Gasteiger partial charge >= 0.3 is 13.1 Å². The molecule has 7 rings (SSSR count). The summed E-state index contributed by atoms with van der Waals surface area (Å²) in [6, 6.07) is 33.6. The van der Waals surface area contributed by atoms with Gasteiger partial charge in [-0.1, -0.05) is 106 Å². The number of benzene rings is 3. The molecule has 0 saturated carbocycles. The van der Waals surface area contributed by atoms with E-state index in [9.17, 15) is 24.5 Å². The van der Waals surface area contributed by atoms with Crippen LogP contribution in [0.15, 0.2) is 120 Å². The number of aromatic nitrogens is 1. The molecule has 0 unspecified atom stereocenters. The summed E-state index contributed by atoms with van der Waals surface area (Å²) in [5.74, 6) is -2.82. The third-order valence-electron chi connectivity index (χ3n) is 12.5. The minimum Gasteiger partial charge on any atom is -0.508 e. The molecule has 2 aliphatic heterocycles. The molecule has 1 aromatic heterocycles. The summed E-state index contributed by atoms with van der Waals surface area (Å²) in [5.41, 5.74) is 4.52. The third-order valence-corrected chi connectivity index (χ3v) is 17.4. The maximum Gasteiger partial charge on any atom is 0.455 e. The molecule has 0 bridgehead atoms. The highest BCUT2D eigenvalue weighted by molar-refractivity contribution is 6.99. The van der Waals surface area contributed by atoms with Crippen molar-refractivity contribution in [2.45, 2.75) is 83.2 Å². The second kappa shape index (κ2) is 18.6. The molecule has 4 aromatic rings. The quantitative estimate of drug-likeness (QED) is 0.0465. The first-order chi connectivity index (χ1) is 28.9. The number of nitrogens with zero attached hydrogens (tertiary/aromatic N) is 2. The van der Waals surface area contributed by atoms with Gasteiger partial charge in [0, 0.05) is 19.2 Å². The molecule has 2 fully saturated rings. The van der Waals surface area contributed by atoms with Crippen molar-refractivity contribution in [2.24, 2.45) is 17.8 Å². The van der Waals surface area contributed by atoms with Crippen LogP contribution in [0.5, 0.6) is 5.75 Å². The predicted molar refractivity (Wildman–Crippen MR) is 236 cm³/mol. The number of amides is 2. The van der Waals surface area contributed by atoms with Crippen molar-refractivity contribution in [3.63, 3.8) is 0 Å². The Hall–Kier alpha value is -5.14. The number of likely N-dealkylation sites (tertiary alicyclic amines) is 1. The molecule has 3 N–H and O–H groups in total. The number of hydrogen-bond acceptors (Lipinski definition) is 8. The number of carboxylic acid groups (broad SMARTS) is 1. The average Bonchev–Trinajstić information content (AvgIpc) is 3.48. The van der Waals surface area contributed by atoms with E-state index in [0.717, 1.165) is 38.4 Å². The number of carbonyl (C=O) groups excluding carboxylic acids is 2. The molecular formula is C48H55BN2O8Si. The lowest BCUT2D eigenvalue weighted by Gasteiger charge is -2.46. The zero-order chi connectivity index (χ0) is 42.4. The van der Waals surface area contributed by atoms with Gasteiger partial charge in [0.25, 0.3) is 8.32 Å². The molecular weight excluding hydrogens is 771 g/mol. The van der Waals surface area contributed by atoms with Gasteiger partial charge in [0.2, 0.25) is 11.8 Å². The van der Waals surface area contributed by atoms with E-state index < -0.39 is 45.3 Å². The second-order valence-corrected chi connectivity index (χ2v) is 21.6. The Kier molecular flexibility index (Phi) is 13.3. The number of phenols is 1. The predicted octanol–water partition coefficient (Wildman–Crippen LogP) is 7.13. The van der Waals surface area contributed by atoms with Crippen LogP contribution in [0.1, 0.15) is 77.0 Å². The Bertz CT molecular complexity index is 2150. The molecule has 2 saturated heterocycles. The topological polar surface area (TPSA) is 146 Å². The van der Waals surface area contributed by atoms with E-state index in [0.29, 0.717) is 38.5 Å². The maximum atomic E-state index is 14.4. The van der Waals surface area contributed by atoms with Crippen LogP contribution in [0.4, 0.5) is 0 Å². The van der Waals surface area contributed by atoms with Gasteiger partial charge in [-0.3, -0.25) is 24.3 Å². The van der Waals surface area contributed by atoms with Gasteiger partial charge in [-0.05, 0) is 112 Å². The summed E-state index contributed by atoms with van der Waals surface area (Å²) in [5, 5.41) is 32.5. The third kappa shape index (κ3) is 9.12. The van der Waals surface area contributed by atoms with E-state index in [1.807, 2.05) is 48.5 Å². The minimum atomic E-state index is -3.03. The van der Waals surface area contributed by atoms with Gasteiger partial charge in [-0.2, -0.15) is 0 Å². The van der Waals surface area contributed by atoms with E-state index in [1.54, 1.807) is 18.3 Å². The van der Waals surface area contributed by atoms with E-state index in [2.05, 4.69) is 74.3 Å². The number of aliphatic carboxylic acids is 1. The summed E-state index contributed by atoms with van der Waals surface area (Å²) in [6.07, 6.45) is 6.37. The molecule has 60 heavy (non-hydrogen) atoms. The van der Waals surface area contributed by atoms with Crippen molar-refractivity contribution in [1.29, 1.82) is 0 Å². The fourth-order valence-electron chi connectivity index (χ4n) is 9.75. The van der Waals surface area contributed by atoms with Crippen molar-refractivity contribution in [2.75, 3.05) is 13.2 Å². The van der Waals surface area contributed by atoms with Crippen LogP contribution in [-0.2, 0) is 23.5 Å². The normalized spacial score (nSPS) is 21.0. The lowest BCUT2D eigenvalue weighted by molar-refractivity contribution is -0.141. The molecule has 1 aliphatic carbocycles. The Morgan fingerprint density at radius 2 is 1.55 bits per heavy atom. The lowest BCUT2D eigenvalue weighted by Crippen LogP contribution is -2.66. The van der Waals surface area contributed by atoms with E-state index in [4.69, 9.17) is 14.2 Å². The van der Waals surface area contributed by atoms with Crippen LogP contribution in [0, 0.1) is 17.8 Å². The minimum absolute atomic E-state index is 0.0443. The van der Waals surface area contributed by atoms with Crippen molar-refractivity contribution < 1.29 is 38.7 Å². The molecule has 12 heteroatoms. The lowest BCUT2D eigenvalue weighted by atomic mass is 9.58. The van der Waals surface area contributed by atoms with Crippen molar-refractivity contribution in [1.82, 2.24) is 9.88 Å². The zero-order valence-corrected chi connectivity index (χ0v) is 35.7. The monoisotopic (exact) mass is 826 g/mol. The van der Waals surface area contributed by atoms with Gasteiger partial charge in [0.15, 0.2) is 0 Å².